The van der Waals surface area contributed by atoms with Crippen LogP contribution < -0.4 is 0 Å². The number of allylic oxidation sites excluding steroid dienone is 5. The molecule has 0 amide bonds. The molecule has 6 rings (SSSR count). The molecule has 2 aromatic carbocycles. The summed E-state index contributed by atoms with van der Waals surface area (Å²) in [5.74, 6) is -1.48. The third kappa shape index (κ3) is 4.17. The van der Waals surface area contributed by atoms with Crippen molar-refractivity contribution in [3.63, 3.8) is 0 Å². The Morgan fingerprint density at radius 1 is 1.07 bits per heavy atom. The van der Waals surface area contributed by atoms with E-state index in [1.165, 1.54) is 5.57 Å². The zero-order chi connectivity index (χ0) is 29.2. The average molecular weight is 546 g/mol. The number of aliphatic hydroxyl groups excluding tert-OH is 1. The summed E-state index contributed by atoms with van der Waals surface area (Å²) in [5.41, 5.74) is 6.13. The molecule has 2 aromatic heterocycles. The monoisotopic (exact) mass is 545 g/mol. The van der Waals surface area contributed by atoms with Crippen molar-refractivity contribution in [3.05, 3.63) is 107 Å². The van der Waals surface area contributed by atoms with Crippen molar-refractivity contribution in [2.75, 3.05) is 6.54 Å². The lowest BCUT2D eigenvalue weighted by Gasteiger charge is -2.26. The first-order valence-electron chi connectivity index (χ1n) is 14.1. The summed E-state index contributed by atoms with van der Waals surface area (Å²) in [4.78, 5) is 37.1. The number of H-pyrrole nitrogens is 2. The van der Waals surface area contributed by atoms with Crippen LogP contribution in [0.5, 0.6) is 0 Å². The Kier molecular flexibility index (Phi) is 6.18. The summed E-state index contributed by atoms with van der Waals surface area (Å²) in [5, 5.41) is 13.7. The number of nitrogens with zero attached hydrogens (tertiary/aromatic N) is 1. The van der Waals surface area contributed by atoms with Crippen molar-refractivity contribution < 1.29 is 14.7 Å². The third-order valence-electron chi connectivity index (χ3n) is 8.42. The van der Waals surface area contributed by atoms with Gasteiger partial charge in [0.15, 0.2) is 5.76 Å². The van der Waals surface area contributed by atoms with Gasteiger partial charge in [0.05, 0.1) is 16.8 Å². The van der Waals surface area contributed by atoms with Gasteiger partial charge in [0.2, 0.25) is 11.6 Å². The highest BCUT2D eigenvalue weighted by Gasteiger charge is 2.46. The number of hydrogen-bond acceptors (Lipinski definition) is 4. The van der Waals surface area contributed by atoms with Crippen LogP contribution in [0.25, 0.3) is 33.0 Å². The smallest absolute Gasteiger partial charge is 0.238 e. The number of hydrogen-bond donors (Lipinski definition) is 3. The number of nitrogens with one attached hydrogen (secondary N) is 2. The molecule has 1 saturated heterocycles. The molecule has 3 heterocycles. The van der Waals surface area contributed by atoms with Crippen LogP contribution in [0.15, 0.2) is 84.4 Å². The Morgan fingerprint density at radius 3 is 2.44 bits per heavy atom. The van der Waals surface area contributed by atoms with Gasteiger partial charge in [0.1, 0.15) is 0 Å². The van der Waals surface area contributed by atoms with Crippen LogP contribution in [0.1, 0.15) is 57.0 Å². The topological polar surface area (TPSA) is 89.0 Å². The first-order valence-corrected chi connectivity index (χ1v) is 14.1. The summed E-state index contributed by atoms with van der Waals surface area (Å²) in [6.45, 7) is 14.9. The van der Waals surface area contributed by atoms with Gasteiger partial charge in [0, 0.05) is 62.8 Å². The number of benzene rings is 2. The zero-order valence-electron chi connectivity index (χ0n) is 24.2. The molecule has 0 spiro atoms. The summed E-state index contributed by atoms with van der Waals surface area (Å²) in [6.07, 6.45) is 6.51. The standard InChI is InChI=1S/C35H35N3O3/c1-7-35(5,6)34-26(23-12-8-9-14-25(23)37-34)28-31(39)30(38-18-20(38)4)27(32(40)33(28)41)24-17-36-29-21(16-15-19(2)3)11-10-13-22(24)29/h7-15,17,20,36-37,39H,1,16,18H2,2-6H3. The molecule has 6 nitrogen and oxygen atoms in total. The second-order valence-electron chi connectivity index (χ2n) is 12.0. The molecule has 3 N–H and O–H groups in total. The summed E-state index contributed by atoms with van der Waals surface area (Å²) in [6, 6.07) is 13.8. The van der Waals surface area contributed by atoms with Gasteiger partial charge in [-0.2, -0.15) is 0 Å². The van der Waals surface area contributed by atoms with E-state index in [2.05, 4.69) is 42.5 Å². The highest BCUT2D eigenvalue weighted by atomic mass is 16.3. The van der Waals surface area contributed by atoms with Gasteiger partial charge in [-0.15, -0.1) is 6.58 Å². The molecule has 1 fully saturated rings. The van der Waals surface area contributed by atoms with E-state index in [9.17, 15) is 14.7 Å². The average Bonchev–Trinajstić information content (AvgIpc) is 3.32. The van der Waals surface area contributed by atoms with Crippen LogP contribution in [0.3, 0.4) is 0 Å². The van der Waals surface area contributed by atoms with E-state index in [0.717, 1.165) is 39.5 Å². The quantitative estimate of drug-likeness (QED) is 0.0995. The molecule has 0 radical (unpaired) electrons. The molecule has 1 aliphatic heterocycles. The number of rotatable bonds is 7. The Morgan fingerprint density at radius 2 is 1.76 bits per heavy atom. The van der Waals surface area contributed by atoms with Crippen LogP contribution in [0, 0.1) is 0 Å². The Balaban J connectivity index is 1.64. The van der Waals surface area contributed by atoms with E-state index in [1.807, 2.05) is 62.1 Å². The molecule has 41 heavy (non-hydrogen) atoms. The van der Waals surface area contributed by atoms with Crippen molar-refractivity contribution in [2.24, 2.45) is 0 Å². The molecule has 208 valence electrons. The lowest BCUT2D eigenvalue weighted by atomic mass is 9.79. The van der Waals surface area contributed by atoms with E-state index in [4.69, 9.17) is 0 Å². The van der Waals surface area contributed by atoms with Gasteiger partial charge in [-0.05, 0) is 38.8 Å². The lowest BCUT2D eigenvalue weighted by molar-refractivity contribution is -0.130. The van der Waals surface area contributed by atoms with Crippen molar-refractivity contribution in [1.82, 2.24) is 14.9 Å². The molecule has 4 aromatic rings. The molecule has 1 aliphatic carbocycles. The van der Waals surface area contributed by atoms with E-state index in [-0.39, 0.29) is 22.9 Å². The Hall–Kier alpha value is -4.58. The molecule has 0 saturated carbocycles. The molecule has 2 aliphatic rings. The minimum absolute atomic E-state index is 0.0410. The summed E-state index contributed by atoms with van der Waals surface area (Å²) >= 11 is 0. The predicted octanol–water partition coefficient (Wildman–Crippen LogP) is 7.16. The third-order valence-corrected chi connectivity index (χ3v) is 8.42. The number of carbonyl (C=O) groups is 2. The first kappa shape index (κ1) is 26.6. The van der Waals surface area contributed by atoms with E-state index >= 15 is 0 Å². The van der Waals surface area contributed by atoms with Crippen molar-refractivity contribution in [3.8, 4) is 0 Å². The highest BCUT2D eigenvalue weighted by molar-refractivity contribution is 6.67. The summed E-state index contributed by atoms with van der Waals surface area (Å²) in [7, 11) is 0. The van der Waals surface area contributed by atoms with Gasteiger partial charge in [-0.25, -0.2) is 0 Å². The maximum Gasteiger partial charge on any atom is 0.238 e. The van der Waals surface area contributed by atoms with Gasteiger partial charge in [0.25, 0.3) is 0 Å². The summed E-state index contributed by atoms with van der Waals surface area (Å²) < 4.78 is 0. The number of Topliss-reactive ketones (excluding diaryl/α,β-unsaturated/α-hetero) is 2. The van der Waals surface area contributed by atoms with Crippen LogP contribution in [-0.2, 0) is 21.4 Å². The van der Waals surface area contributed by atoms with Crippen molar-refractivity contribution in [2.45, 2.75) is 52.5 Å². The lowest BCUT2D eigenvalue weighted by Crippen LogP contribution is -2.28. The number of aromatic amines is 2. The van der Waals surface area contributed by atoms with E-state index < -0.39 is 17.0 Å². The maximum absolute atomic E-state index is 14.2. The molecular formula is C35H35N3O3. The maximum atomic E-state index is 14.2. The highest BCUT2D eigenvalue weighted by Crippen LogP contribution is 2.46. The van der Waals surface area contributed by atoms with Crippen LogP contribution in [0.4, 0.5) is 0 Å². The molecule has 0 bridgehead atoms. The van der Waals surface area contributed by atoms with E-state index in [1.54, 1.807) is 12.3 Å². The van der Waals surface area contributed by atoms with Gasteiger partial charge in [-0.3, -0.25) is 9.59 Å². The Bertz CT molecular complexity index is 1870. The van der Waals surface area contributed by atoms with Crippen LogP contribution in [0.2, 0.25) is 0 Å². The second-order valence-corrected chi connectivity index (χ2v) is 12.0. The number of aromatic nitrogens is 2. The fourth-order valence-corrected chi connectivity index (χ4v) is 5.88. The molecule has 1 unspecified atom stereocenters. The fourth-order valence-electron chi connectivity index (χ4n) is 5.88. The van der Waals surface area contributed by atoms with E-state index in [0.29, 0.717) is 23.4 Å². The van der Waals surface area contributed by atoms with Crippen molar-refractivity contribution >= 4 is 44.5 Å². The Labute approximate surface area is 239 Å². The van der Waals surface area contributed by atoms with Crippen LogP contribution in [-0.4, -0.2) is 44.1 Å². The molecule has 6 heteroatoms. The molecular weight excluding hydrogens is 510 g/mol. The SMILES string of the molecule is C=CC(C)(C)c1[nH]c2ccccc2c1C1=C(O)C(N2CC2C)=C(c2c[nH]c3c(CC=C(C)C)cccc23)C(=O)C1=O. The first-order chi connectivity index (χ1) is 19.5. The number of fused-ring (bicyclic) bond motifs is 2. The van der Waals surface area contributed by atoms with Gasteiger partial charge >= 0.3 is 0 Å². The number of ketones is 2. The minimum atomic E-state index is -0.711. The number of carbonyl (C=O) groups excluding carboxylic acids is 2. The van der Waals surface area contributed by atoms with Gasteiger partial charge in [-0.1, -0.05) is 68.0 Å². The minimum Gasteiger partial charge on any atom is -0.505 e. The van der Waals surface area contributed by atoms with Gasteiger partial charge < -0.3 is 20.0 Å². The largest absolute Gasteiger partial charge is 0.505 e. The molecule has 1 atom stereocenters. The van der Waals surface area contributed by atoms with Crippen LogP contribution >= 0.6 is 0 Å². The number of para-hydroxylation sites is 2. The number of aliphatic hydroxyl groups is 1. The fraction of sp³-hybridized carbons (Fsp3) is 0.257. The zero-order valence-corrected chi connectivity index (χ0v) is 24.2. The second kappa shape index (κ2) is 9.51. The predicted molar refractivity (Wildman–Crippen MR) is 166 cm³/mol. The van der Waals surface area contributed by atoms with Crippen molar-refractivity contribution in [1.29, 1.82) is 0 Å². The normalized spacial score (nSPS) is 17.7.